The van der Waals surface area contributed by atoms with Gasteiger partial charge in [0.25, 0.3) is 11.6 Å². The molecule has 2 aromatic rings. The van der Waals surface area contributed by atoms with Crippen LogP contribution in [-0.4, -0.2) is 37.7 Å². The van der Waals surface area contributed by atoms with Gasteiger partial charge in [0.2, 0.25) is 0 Å². The number of nitro groups is 1. The summed E-state index contributed by atoms with van der Waals surface area (Å²) in [6.07, 6.45) is 3.18. The first-order chi connectivity index (χ1) is 11.4. The summed E-state index contributed by atoms with van der Waals surface area (Å²) < 4.78 is 1.43. The number of aliphatic carboxylic acids is 1. The summed E-state index contributed by atoms with van der Waals surface area (Å²) in [5.74, 6) is -1.27. The van der Waals surface area contributed by atoms with E-state index in [1.807, 2.05) is 0 Å². The highest BCUT2D eigenvalue weighted by molar-refractivity contribution is 5.94. The topological polar surface area (TPSA) is 127 Å². The molecule has 0 saturated carbocycles. The van der Waals surface area contributed by atoms with Crippen molar-refractivity contribution < 1.29 is 19.6 Å². The fourth-order valence-electron chi connectivity index (χ4n) is 2.03. The van der Waals surface area contributed by atoms with Crippen molar-refractivity contribution >= 4 is 17.6 Å². The Hall–Kier alpha value is -3.23. The van der Waals surface area contributed by atoms with Gasteiger partial charge in [-0.25, -0.2) is 4.68 Å². The van der Waals surface area contributed by atoms with E-state index in [2.05, 4.69) is 10.4 Å². The van der Waals surface area contributed by atoms with E-state index in [4.69, 9.17) is 5.11 Å². The van der Waals surface area contributed by atoms with Crippen LogP contribution >= 0.6 is 0 Å². The molecule has 0 bridgehead atoms. The zero-order valence-corrected chi connectivity index (χ0v) is 12.9. The van der Waals surface area contributed by atoms with E-state index in [0.29, 0.717) is 17.7 Å². The average Bonchev–Trinajstić information content (AvgIpc) is 3.03. The number of carboxylic acid groups (broad SMARTS) is 1. The standard InChI is InChI=1S/C15H16N4O5/c1-10(2-7-14(20)21)17-15(22)11-8-16-18(9-11)12-3-5-13(6-4-12)19(23)24/h3-6,8-10H,2,7H2,1H3,(H,17,22)(H,20,21). The molecular formula is C15H16N4O5. The zero-order chi connectivity index (χ0) is 17.7. The lowest BCUT2D eigenvalue weighted by Crippen LogP contribution is -2.32. The normalized spacial score (nSPS) is 11.7. The van der Waals surface area contributed by atoms with Gasteiger partial charge in [0.1, 0.15) is 0 Å². The van der Waals surface area contributed by atoms with Crippen molar-refractivity contribution in [3.05, 3.63) is 52.3 Å². The molecule has 2 N–H and O–H groups in total. The first kappa shape index (κ1) is 17.1. The first-order valence-electron chi connectivity index (χ1n) is 7.19. The molecule has 1 aromatic heterocycles. The second-order valence-corrected chi connectivity index (χ2v) is 5.25. The average molecular weight is 332 g/mol. The van der Waals surface area contributed by atoms with Gasteiger partial charge >= 0.3 is 5.97 Å². The van der Waals surface area contributed by atoms with Crippen LogP contribution in [-0.2, 0) is 4.79 Å². The van der Waals surface area contributed by atoms with Gasteiger partial charge < -0.3 is 10.4 Å². The molecule has 1 heterocycles. The Morgan fingerprint density at radius 2 is 2.04 bits per heavy atom. The van der Waals surface area contributed by atoms with E-state index in [-0.39, 0.29) is 24.1 Å². The van der Waals surface area contributed by atoms with E-state index in [0.717, 1.165) is 0 Å². The molecule has 0 aliphatic rings. The van der Waals surface area contributed by atoms with Crippen LogP contribution in [0, 0.1) is 10.1 Å². The third-order valence-corrected chi connectivity index (χ3v) is 3.34. The molecule has 0 spiro atoms. The highest BCUT2D eigenvalue weighted by Gasteiger charge is 2.14. The van der Waals surface area contributed by atoms with Crippen LogP contribution in [0.4, 0.5) is 5.69 Å². The lowest BCUT2D eigenvalue weighted by Gasteiger charge is -2.11. The number of carbonyl (C=O) groups is 2. The maximum atomic E-state index is 12.1. The number of nitrogens with one attached hydrogen (secondary N) is 1. The Balaban J connectivity index is 2.02. The Labute approximate surface area is 137 Å². The summed E-state index contributed by atoms with van der Waals surface area (Å²) in [5.41, 5.74) is 0.866. The molecule has 0 saturated heterocycles. The molecule has 1 aromatic carbocycles. The maximum absolute atomic E-state index is 12.1. The molecular weight excluding hydrogens is 316 g/mol. The van der Waals surface area contributed by atoms with Gasteiger partial charge in [-0.3, -0.25) is 19.7 Å². The van der Waals surface area contributed by atoms with E-state index in [1.165, 1.54) is 41.3 Å². The number of aromatic nitrogens is 2. The van der Waals surface area contributed by atoms with Crippen LogP contribution < -0.4 is 5.32 Å². The van der Waals surface area contributed by atoms with Gasteiger partial charge in [-0.1, -0.05) is 0 Å². The van der Waals surface area contributed by atoms with Crippen molar-refractivity contribution in [2.45, 2.75) is 25.8 Å². The highest BCUT2D eigenvalue weighted by atomic mass is 16.6. The summed E-state index contributed by atoms with van der Waals surface area (Å²) >= 11 is 0. The zero-order valence-electron chi connectivity index (χ0n) is 12.9. The van der Waals surface area contributed by atoms with Crippen molar-refractivity contribution in [3.8, 4) is 5.69 Å². The number of non-ortho nitro benzene ring substituents is 1. The van der Waals surface area contributed by atoms with Gasteiger partial charge in [-0.2, -0.15) is 5.10 Å². The van der Waals surface area contributed by atoms with E-state index in [9.17, 15) is 19.7 Å². The quantitative estimate of drug-likeness (QED) is 0.587. The molecule has 1 amide bonds. The van der Waals surface area contributed by atoms with Crippen LogP contribution in [0.1, 0.15) is 30.1 Å². The number of nitrogens with zero attached hydrogens (tertiary/aromatic N) is 3. The number of hydrogen-bond donors (Lipinski definition) is 2. The predicted molar refractivity (Wildman–Crippen MR) is 84.0 cm³/mol. The third kappa shape index (κ3) is 4.38. The number of amides is 1. The molecule has 1 unspecified atom stereocenters. The van der Waals surface area contributed by atoms with Gasteiger partial charge in [0.15, 0.2) is 0 Å². The second-order valence-electron chi connectivity index (χ2n) is 5.25. The van der Waals surface area contributed by atoms with E-state index in [1.54, 1.807) is 6.92 Å². The molecule has 9 nitrogen and oxygen atoms in total. The molecule has 126 valence electrons. The van der Waals surface area contributed by atoms with Crippen LogP contribution in [0.3, 0.4) is 0 Å². The maximum Gasteiger partial charge on any atom is 0.303 e. The van der Waals surface area contributed by atoms with Crippen molar-refractivity contribution in [1.29, 1.82) is 0 Å². The van der Waals surface area contributed by atoms with Gasteiger partial charge in [0.05, 0.1) is 22.4 Å². The monoisotopic (exact) mass is 332 g/mol. The van der Waals surface area contributed by atoms with Gasteiger partial charge in [0, 0.05) is 30.8 Å². The van der Waals surface area contributed by atoms with Gasteiger partial charge in [-0.05, 0) is 25.5 Å². The second kappa shape index (κ2) is 7.36. The number of rotatable bonds is 7. The van der Waals surface area contributed by atoms with Crippen molar-refractivity contribution in [1.82, 2.24) is 15.1 Å². The van der Waals surface area contributed by atoms with Crippen LogP contribution in [0.2, 0.25) is 0 Å². The minimum Gasteiger partial charge on any atom is -0.481 e. The SMILES string of the molecule is CC(CCC(=O)O)NC(=O)c1cnn(-c2ccc([N+](=O)[O-])cc2)c1. The minimum absolute atomic E-state index is 0.0243. The van der Waals surface area contributed by atoms with Crippen LogP contribution in [0.25, 0.3) is 5.69 Å². The summed E-state index contributed by atoms with van der Waals surface area (Å²) in [5, 5.41) is 26.0. The largest absolute Gasteiger partial charge is 0.481 e. The third-order valence-electron chi connectivity index (χ3n) is 3.34. The first-order valence-corrected chi connectivity index (χ1v) is 7.19. The van der Waals surface area contributed by atoms with E-state index >= 15 is 0 Å². The highest BCUT2D eigenvalue weighted by Crippen LogP contribution is 2.15. The Kier molecular flexibility index (Phi) is 5.25. The van der Waals surface area contributed by atoms with Crippen LogP contribution in [0.15, 0.2) is 36.7 Å². The Morgan fingerprint density at radius 3 is 2.62 bits per heavy atom. The number of carboxylic acids is 1. The molecule has 2 rings (SSSR count). The molecule has 0 radical (unpaired) electrons. The lowest BCUT2D eigenvalue weighted by atomic mass is 10.2. The molecule has 9 heteroatoms. The molecule has 24 heavy (non-hydrogen) atoms. The summed E-state index contributed by atoms with van der Waals surface area (Å²) in [6.45, 7) is 1.72. The fraction of sp³-hybridized carbons (Fsp3) is 0.267. The van der Waals surface area contributed by atoms with Crippen LogP contribution in [0.5, 0.6) is 0 Å². The number of hydrogen-bond acceptors (Lipinski definition) is 5. The smallest absolute Gasteiger partial charge is 0.303 e. The van der Waals surface area contributed by atoms with E-state index < -0.39 is 10.9 Å². The predicted octanol–water partition coefficient (Wildman–Crippen LogP) is 1.76. The Bertz CT molecular complexity index is 753. The summed E-state index contributed by atoms with van der Waals surface area (Å²) in [6, 6.07) is 5.48. The van der Waals surface area contributed by atoms with Crippen molar-refractivity contribution in [2.24, 2.45) is 0 Å². The van der Waals surface area contributed by atoms with Crippen molar-refractivity contribution in [3.63, 3.8) is 0 Å². The number of benzene rings is 1. The Morgan fingerprint density at radius 1 is 1.38 bits per heavy atom. The summed E-state index contributed by atoms with van der Waals surface area (Å²) in [4.78, 5) is 32.7. The molecule has 1 atom stereocenters. The summed E-state index contributed by atoms with van der Waals surface area (Å²) in [7, 11) is 0. The lowest BCUT2D eigenvalue weighted by molar-refractivity contribution is -0.384. The fourth-order valence-corrected chi connectivity index (χ4v) is 2.03. The number of nitro benzene ring substituents is 1. The molecule has 0 fully saturated rings. The molecule has 0 aliphatic heterocycles. The van der Waals surface area contributed by atoms with Crippen molar-refractivity contribution in [2.75, 3.05) is 0 Å². The van der Waals surface area contributed by atoms with Gasteiger partial charge in [-0.15, -0.1) is 0 Å². The molecule has 0 aliphatic carbocycles. The number of carbonyl (C=O) groups excluding carboxylic acids is 1. The minimum atomic E-state index is -0.915.